The molecule has 0 saturated heterocycles. The van der Waals surface area contributed by atoms with Gasteiger partial charge in [-0.3, -0.25) is 0 Å². The highest BCUT2D eigenvalue weighted by Crippen LogP contribution is 2.44. The molecule has 0 amide bonds. The molecule has 0 radical (unpaired) electrons. The maximum absolute atomic E-state index is 11.8. The Kier molecular flexibility index (Phi) is 2.39. The van der Waals surface area contributed by atoms with Crippen molar-refractivity contribution in [3.8, 4) is 0 Å². The third-order valence-electron chi connectivity index (χ3n) is 3.73. The van der Waals surface area contributed by atoms with Gasteiger partial charge >= 0.3 is 5.97 Å². The standard InChI is InChI=1S/C14H15NO2/c1-17-14(16)13-11-7-4-6-9(11)10-5-2-3-8-12(10)15-13/h2-6,8-9,11,13,15H,7H2,1H3/t9-,11-,13+/m1/s1. The van der Waals surface area contributed by atoms with E-state index in [-0.39, 0.29) is 17.9 Å². The van der Waals surface area contributed by atoms with Crippen LogP contribution in [0.15, 0.2) is 36.4 Å². The van der Waals surface area contributed by atoms with E-state index >= 15 is 0 Å². The first-order valence-corrected chi connectivity index (χ1v) is 5.91. The highest BCUT2D eigenvalue weighted by Gasteiger charge is 2.40. The lowest BCUT2D eigenvalue weighted by Crippen LogP contribution is -2.42. The second kappa shape index (κ2) is 3.91. The number of hydrogen-bond acceptors (Lipinski definition) is 3. The fourth-order valence-corrected chi connectivity index (χ4v) is 2.90. The van der Waals surface area contributed by atoms with Gasteiger partial charge < -0.3 is 10.1 Å². The minimum atomic E-state index is -0.227. The van der Waals surface area contributed by atoms with E-state index in [0.29, 0.717) is 5.92 Å². The van der Waals surface area contributed by atoms with Crippen LogP contribution in [0.5, 0.6) is 0 Å². The third kappa shape index (κ3) is 1.54. The minimum absolute atomic E-state index is 0.168. The summed E-state index contributed by atoms with van der Waals surface area (Å²) in [7, 11) is 1.45. The summed E-state index contributed by atoms with van der Waals surface area (Å²) in [6, 6.07) is 7.95. The Hall–Kier alpha value is -1.77. The summed E-state index contributed by atoms with van der Waals surface area (Å²) < 4.78 is 4.88. The summed E-state index contributed by atoms with van der Waals surface area (Å²) in [4.78, 5) is 11.8. The van der Waals surface area contributed by atoms with Crippen LogP contribution in [0, 0.1) is 5.92 Å². The van der Waals surface area contributed by atoms with E-state index in [2.05, 4.69) is 23.5 Å². The molecule has 0 saturated carbocycles. The number of ether oxygens (including phenoxy) is 1. The molecule has 1 N–H and O–H groups in total. The fraction of sp³-hybridized carbons (Fsp3) is 0.357. The zero-order valence-electron chi connectivity index (χ0n) is 9.72. The van der Waals surface area contributed by atoms with Gasteiger partial charge in [0.2, 0.25) is 0 Å². The Morgan fingerprint density at radius 2 is 2.24 bits per heavy atom. The van der Waals surface area contributed by atoms with Crippen LogP contribution in [0.25, 0.3) is 0 Å². The molecule has 3 nitrogen and oxygen atoms in total. The summed E-state index contributed by atoms with van der Waals surface area (Å²) in [6.45, 7) is 0. The molecule has 0 spiro atoms. The van der Waals surface area contributed by atoms with E-state index in [1.54, 1.807) is 0 Å². The maximum Gasteiger partial charge on any atom is 0.328 e. The van der Waals surface area contributed by atoms with Gasteiger partial charge in [0.05, 0.1) is 7.11 Å². The summed E-state index contributed by atoms with van der Waals surface area (Å²) >= 11 is 0. The smallest absolute Gasteiger partial charge is 0.328 e. The van der Waals surface area contributed by atoms with Crippen LogP contribution in [-0.2, 0) is 9.53 Å². The van der Waals surface area contributed by atoms with Crippen molar-refractivity contribution in [1.82, 2.24) is 0 Å². The van der Waals surface area contributed by atoms with Crippen LogP contribution >= 0.6 is 0 Å². The lowest BCUT2D eigenvalue weighted by Gasteiger charge is -2.35. The van der Waals surface area contributed by atoms with Crippen LogP contribution in [0.4, 0.5) is 5.69 Å². The van der Waals surface area contributed by atoms with E-state index in [4.69, 9.17) is 4.74 Å². The van der Waals surface area contributed by atoms with Crippen molar-refractivity contribution < 1.29 is 9.53 Å². The Labute approximate surface area is 100 Å². The van der Waals surface area contributed by atoms with Crippen molar-refractivity contribution >= 4 is 11.7 Å². The molecule has 3 atom stereocenters. The fourth-order valence-electron chi connectivity index (χ4n) is 2.90. The molecule has 1 aromatic carbocycles. The number of carbonyl (C=O) groups is 1. The van der Waals surface area contributed by atoms with Crippen LogP contribution in [0.3, 0.4) is 0 Å². The van der Waals surface area contributed by atoms with E-state index in [1.165, 1.54) is 12.7 Å². The summed E-state index contributed by atoms with van der Waals surface area (Å²) in [6.07, 6.45) is 5.31. The van der Waals surface area contributed by atoms with E-state index in [1.807, 2.05) is 18.2 Å². The Balaban J connectivity index is 2.02. The van der Waals surface area contributed by atoms with Crippen molar-refractivity contribution in [2.24, 2.45) is 5.92 Å². The Morgan fingerprint density at radius 1 is 1.41 bits per heavy atom. The van der Waals surface area contributed by atoms with Crippen molar-refractivity contribution in [2.75, 3.05) is 12.4 Å². The predicted molar refractivity (Wildman–Crippen MR) is 65.9 cm³/mol. The predicted octanol–water partition coefficient (Wildman–Crippen LogP) is 2.31. The molecule has 0 aromatic heterocycles. The monoisotopic (exact) mass is 229 g/mol. The van der Waals surface area contributed by atoms with Gasteiger partial charge in [0.25, 0.3) is 0 Å². The van der Waals surface area contributed by atoms with Gasteiger partial charge in [-0.05, 0) is 18.1 Å². The van der Waals surface area contributed by atoms with E-state index in [9.17, 15) is 4.79 Å². The molecule has 1 heterocycles. The Morgan fingerprint density at radius 3 is 3.06 bits per heavy atom. The molecule has 17 heavy (non-hydrogen) atoms. The SMILES string of the molecule is COC(=O)[C@H]1Nc2ccccc2[C@H]2C=CC[C@@H]12. The summed E-state index contributed by atoms with van der Waals surface area (Å²) in [5, 5.41) is 3.30. The first-order chi connectivity index (χ1) is 8.31. The maximum atomic E-state index is 11.8. The number of methoxy groups -OCH3 is 1. The van der Waals surface area contributed by atoms with Crippen molar-refractivity contribution in [3.05, 3.63) is 42.0 Å². The molecule has 0 fully saturated rings. The van der Waals surface area contributed by atoms with Crippen molar-refractivity contribution in [1.29, 1.82) is 0 Å². The van der Waals surface area contributed by atoms with E-state index < -0.39 is 0 Å². The largest absolute Gasteiger partial charge is 0.467 e. The average molecular weight is 229 g/mol. The minimum Gasteiger partial charge on any atom is -0.467 e. The van der Waals surface area contributed by atoms with Gasteiger partial charge in [0.15, 0.2) is 0 Å². The number of carbonyl (C=O) groups excluding carboxylic acids is 1. The van der Waals surface area contributed by atoms with Gasteiger partial charge in [-0.25, -0.2) is 4.79 Å². The molecule has 2 aliphatic rings. The molecule has 1 aromatic rings. The number of esters is 1. The molecular weight excluding hydrogens is 214 g/mol. The number of hydrogen-bond donors (Lipinski definition) is 1. The van der Waals surface area contributed by atoms with Gasteiger partial charge in [0, 0.05) is 17.5 Å². The summed E-state index contributed by atoms with van der Waals surface area (Å²) in [5.74, 6) is 0.465. The number of fused-ring (bicyclic) bond motifs is 3. The number of benzene rings is 1. The second-order valence-corrected chi connectivity index (χ2v) is 4.59. The Bertz CT molecular complexity index is 481. The second-order valence-electron chi connectivity index (χ2n) is 4.59. The number of nitrogens with one attached hydrogen (secondary N) is 1. The van der Waals surface area contributed by atoms with Crippen LogP contribution in [0.2, 0.25) is 0 Å². The lowest BCUT2D eigenvalue weighted by atomic mass is 9.79. The number of rotatable bonds is 1. The van der Waals surface area contributed by atoms with Gasteiger partial charge in [-0.1, -0.05) is 30.4 Å². The van der Waals surface area contributed by atoms with Crippen LogP contribution in [-0.4, -0.2) is 19.1 Å². The number of para-hydroxylation sites is 1. The molecule has 1 aliphatic heterocycles. The van der Waals surface area contributed by atoms with Crippen molar-refractivity contribution in [2.45, 2.75) is 18.4 Å². The zero-order valence-corrected chi connectivity index (χ0v) is 9.72. The molecule has 0 unspecified atom stereocenters. The summed E-state index contributed by atoms with van der Waals surface area (Å²) in [5.41, 5.74) is 2.34. The number of anilines is 1. The number of allylic oxidation sites excluding steroid dienone is 2. The molecule has 88 valence electrons. The van der Waals surface area contributed by atoms with Gasteiger partial charge in [0.1, 0.15) is 6.04 Å². The molecule has 3 heteroatoms. The lowest BCUT2D eigenvalue weighted by molar-refractivity contribution is -0.142. The van der Waals surface area contributed by atoms with Crippen LogP contribution < -0.4 is 5.32 Å². The highest BCUT2D eigenvalue weighted by atomic mass is 16.5. The molecule has 0 bridgehead atoms. The quantitative estimate of drug-likeness (QED) is 0.593. The first-order valence-electron chi connectivity index (χ1n) is 5.91. The normalized spacial score (nSPS) is 29.1. The van der Waals surface area contributed by atoms with Gasteiger partial charge in [-0.2, -0.15) is 0 Å². The van der Waals surface area contributed by atoms with Crippen molar-refractivity contribution in [3.63, 3.8) is 0 Å². The first kappa shape index (κ1) is 10.4. The van der Waals surface area contributed by atoms with Crippen LogP contribution in [0.1, 0.15) is 17.9 Å². The molecule has 3 rings (SSSR count). The average Bonchev–Trinajstić information content (AvgIpc) is 2.86. The van der Waals surface area contributed by atoms with E-state index in [0.717, 1.165) is 12.1 Å². The van der Waals surface area contributed by atoms with Gasteiger partial charge in [-0.15, -0.1) is 0 Å². The topological polar surface area (TPSA) is 38.3 Å². The highest BCUT2D eigenvalue weighted by molar-refractivity contribution is 5.82. The third-order valence-corrected chi connectivity index (χ3v) is 3.73. The molecule has 1 aliphatic carbocycles. The zero-order chi connectivity index (χ0) is 11.8. The molecular formula is C14H15NO2.